The van der Waals surface area contributed by atoms with Crippen molar-refractivity contribution in [3.05, 3.63) is 52.1 Å². The molecule has 1 aromatic carbocycles. The minimum Gasteiger partial charge on any atom is -0.370 e. The van der Waals surface area contributed by atoms with Crippen LogP contribution in [0.2, 0.25) is 0 Å². The number of anilines is 1. The molecule has 0 aliphatic heterocycles. The Hall–Kier alpha value is -2.57. The quantitative estimate of drug-likeness (QED) is 0.673. The molecule has 1 aromatic heterocycles. The Kier molecular flexibility index (Phi) is 4.42. The van der Waals surface area contributed by atoms with Gasteiger partial charge in [-0.05, 0) is 24.6 Å². The van der Waals surface area contributed by atoms with E-state index in [4.69, 9.17) is 0 Å². The first-order valence-electron chi connectivity index (χ1n) is 6.37. The molecule has 0 aliphatic rings. The maximum atomic E-state index is 13.3. The molecule has 0 saturated heterocycles. The van der Waals surface area contributed by atoms with Crippen LogP contribution >= 0.6 is 0 Å². The molecule has 0 amide bonds. The van der Waals surface area contributed by atoms with Crippen LogP contribution in [-0.2, 0) is 0 Å². The maximum Gasteiger partial charge on any atom is 0.295 e. The zero-order chi connectivity index (χ0) is 15.4. The minimum atomic E-state index is -0.812. The number of pyridine rings is 1. The van der Waals surface area contributed by atoms with Crippen molar-refractivity contribution in [3.8, 4) is 11.3 Å². The summed E-state index contributed by atoms with van der Waals surface area (Å²) < 4.78 is 26.6. The van der Waals surface area contributed by atoms with Gasteiger partial charge in [-0.2, -0.15) is 0 Å². The summed E-state index contributed by atoms with van der Waals surface area (Å²) in [4.78, 5) is 14.5. The summed E-state index contributed by atoms with van der Waals surface area (Å²) >= 11 is 0. The van der Waals surface area contributed by atoms with E-state index < -0.39 is 16.6 Å². The van der Waals surface area contributed by atoms with Crippen molar-refractivity contribution < 1.29 is 13.7 Å². The fourth-order valence-corrected chi connectivity index (χ4v) is 1.85. The highest BCUT2D eigenvalue weighted by Gasteiger charge is 2.19. The maximum absolute atomic E-state index is 13.3. The molecular weight excluding hydrogens is 280 g/mol. The lowest BCUT2D eigenvalue weighted by atomic mass is 10.1. The molecule has 5 nitrogen and oxygen atoms in total. The molecule has 0 atom stereocenters. The average molecular weight is 293 g/mol. The van der Waals surface area contributed by atoms with Crippen molar-refractivity contribution in [1.82, 2.24) is 4.98 Å². The number of nitrogens with one attached hydrogen (secondary N) is 1. The molecule has 2 aromatic rings. The summed E-state index contributed by atoms with van der Waals surface area (Å²) in [6.07, 6.45) is 0.850. The average Bonchev–Trinajstić information content (AvgIpc) is 2.43. The van der Waals surface area contributed by atoms with E-state index in [1.807, 2.05) is 6.92 Å². The zero-order valence-corrected chi connectivity index (χ0v) is 11.3. The topological polar surface area (TPSA) is 68.1 Å². The molecule has 0 bridgehead atoms. The lowest BCUT2D eigenvalue weighted by Gasteiger charge is -2.08. The molecule has 0 saturated carbocycles. The van der Waals surface area contributed by atoms with Crippen LogP contribution in [0.15, 0.2) is 30.3 Å². The summed E-state index contributed by atoms with van der Waals surface area (Å²) in [5.74, 6) is -1.21. The van der Waals surface area contributed by atoms with Crippen LogP contribution in [0.5, 0.6) is 0 Å². The van der Waals surface area contributed by atoms with Crippen LogP contribution < -0.4 is 5.32 Å². The summed E-state index contributed by atoms with van der Waals surface area (Å²) in [7, 11) is 0. The van der Waals surface area contributed by atoms with E-state index in [2.05, 4.69) is 10.3 Å². The number of hydrogen-bond donors (Lipinski definition) is 1. The Morgan fingerprint density at radius 2 is 1.90 bits per heavy atom. The third-order valence-corrected chi connectivity index (χ3v) is 2.76. The van der Waals surface area contributed by atoms with Gasteiger partial charge in [0.15, 0.2) is 5.69 Å². The molecular formula is C14H13F2N3O2. The third kappa shape index (κ3) is 3.50. The van der Waals surface area contributed by atoms with Gasteiger partial charge in [0, 0.05) is 24.2 Å². The highest BCUT2D eigenvalue weighted by atomic mass is 19.1. The van der Waals surface area contributed by atoms with E-state index in [0.717, 1.165) is 18.6 Å². The van der Waals surface area contributed by atoms with Gasteiger partial charge in [-0.25, -0.2) is 13.8 Å². The van der Waals surface area contributed by atoms with Crippen molar-refractivity contribution in [1.29, 1.82) is 0 Å². The lowest BCUT2D eigenvalue weighted by Crippen LogP contribution is -2.04. The number of halogens is 2. The fraction of sp³-hybridized carbons (Fsp3) is 0.214. The summed E-state index contributed by atoms with van der Waals surface area (Å²) in [6, 6.07) is 5.47. The Morgan fingerprint density at radius 3 is 2.48 bits per heavy atom. The first-order chi connectivity index (χ1) is 10.0. The van der Waals surface area contributed by atoms with Crippen molar-refractivity contribution in [3.63, 3.8) is 0 Å². The summed E-state index contributed by atoms with van der Waals surface area (Å²) in [5.41, 5.74) is -0.346. The largest absolute Gasteiger partial charge is 0.370 e. The number of nitrogens with zero attached hydrogens (tertiary/aromatic N) is 2. The SMILES string of the molecule is CCCNc1ccc([N+](=O)[O-])c(-c2cc(F)cc(F)c2)n1. The Morgan fingerprint density at radius 1 is 1.24 bits per heavy atom. The van der Waals surface area contributed by atoms with Gasteiger partial charge in [-0.3, -0.25) is 10.1 Å². The molecule has 7 heteroatoms. The zero-order valence-electron chi connectivity index (χ0n) is 11.3. The molecule has 1 N–H and O–H groups in total. The van der Waals surface area contributed by atoms with Crippen molar-refractivity contribution >= 4 is 11.5 Å². The fourth-order valence-electron chi connectivity index (χ4n) is 1.85. The minimum absolute atomic E-state index is 0.0272. The summed E-state index contributed by atoms with van der Waals surface area (Å²) in [5, 5.41) is 14.0. The predicted molar refractivity (Wildman–Crippen MR) is 75.0 cm³/mol. The first kappa shape index (κ1) is 14.8. The molecule has 0 aliphatic carbocycles. The second kappa shape index (κ2) is 6.25. The first-order valence-corrected chi connectivity index (χ1v) is 6.37. The number of benzene rings is 1. The summed E-state index contributed by atoms with van der Waals surface area (Å²) in [6.45, 7) is 2.60. The monoisotopic (exact) mass is 293 g/mol. The van der Waals surface area contributed by atoms with E-state index >= 15 is 0 Å². The molecule has 0 radical (unpaired) electrons. The molecule has 0 fully saturated rings. The van der Waals surface area contributed by atoms with E-state index in [1.54, 1.807) is 0 Å². The van der Waals surface area contributed by atoms with Gasteiger partial charge >= 0.3 is 0 Å². The molecule has 110 valence electrons. The number of hydrogen-bond acceptors (Lipinski definition) is 4. The van der Waals surface area contributed by atoms with Gasteiger partial charge in [0.05, 0.1) is 4.92 Å². The second-order valence-electron chi connectivity index (χ2n) is 4.41. The molecule has 0 unspecified atom stereocenters. The van der Waals surface area contributed by atoms with Gasteiger partial charge in [-0.15, -0.1) is 0 Å². The number of rotatable bonds is 5. The molecule has 2 rings (SSSR count). The Bertz CT molecular complexity index is 657. The van der Waals surface area contributed by atoms with Crippen molar-refractivity contribution in [2.24, 2.45) is 0 Å². The molecule has 1 heterocycles. The van der Waals surface area contributed by atoms with Gasteiger partial charge < -0.3 is 5.32 Å². The molecule has 21 heavy (non-hydrogen) atoms. The van der Waals surface area contributed by atoms with Crippen LogP contribution in [0.1, 0.15) is 13.3 Å². The van der Waals surface area contributed by atoms with Gasteiger partial charge in [0.1, 0.15) is 17.5 Å². The van der Waals surface area contributed by atoms with Crippen molar-refractivity contribution in [2.75, 3.05) is 11.9 Å². The van der Waals surface area contributed by atoms with Gasteiger partial charge in [0.25, 0.3) is 5.69 Å². The van der Waals surface area contributed by atoms with Crippen molar-refractivity contribution in [2.45, 2.75) is 13.3 Å². The number of aromatic nitrogens is 1. The van der Waals surface area contributed by atoms with E-state index in [1.165, 1.54) is 12.1 Å². The van der Waals surface area contributed by atoms with E-state index in [-0.39, 0.29) is 16.9 Å². The van der Waals surface area contributed by atoms with Crippen LogP contribution in [-0.4, -0.2) is 16.5 Å². The van der Waals surface area contributed by atoms with Crippen LogP contribution in [0.3, 0.4) is 0 Å². The Labute approximate surface area is 119 Å². The second-order valence-corrected chi connectivity index (χ2v) is 4.41. The normalized spacial score (nSPS) is 10.4. The molecule has 0 spiro atoms. The highest BCUT2D eigenvalue weighted by molar-refractivity contribution is 5.71. The third-order valence-electron chi connectivity index (χ3n) is 2.76. The van der Waals surface area contributed by atoms with Crippen LogP contribution in [0.25, 0.3) is 11.3 Å². The van der Waals surface area contributed by atoms with E-state index in [0.29, 0.717) is 18.4 Å². The van der Waals surface area contributed by atoms with Gasteiger partial charge in [0.2, 0.25) is 0 Å². The van der Waals surface area contributed by atoms with Crippen LogP contribution in [0, 0.1) is 21.7 Å². The van der Waals surface area contributed by atoms with Gasteiger partial charge in [-0.1, -0.05) is 6.92 Å². The van der Waals surface area contributed by atoms with Crippen LogP contribution in [0.4, 0.5) is 20.3 Å². The smallest absolute Gasteiger partial charge is 0.295 e. The van der Waals surface area contributed by atoms with E-state index in [9.17, 15) is 18.9 Å². The predicted octanol–water partition coefficient (Wildman–Crippen LogP) is 3.76. The number of nitro groups is 1. The highest BCUT2D eigenvalue weighted by Crippen LogP contribution is 2.30. The standard InChI is InChI=1S/C14H13F2N3O2/c1-2-5-17-13-4-3-12(19(20)21)14(18-13)9-6-10(15)8-11(16)7-9/h3-4,6-8H,2,5H2,1H3,(H,17,18). The lowest BCUT2D eigenvalue weighted by molar-refractivity contribution is -0.384. The Balaban J connectivity index is 2.54.